The van der Waals surface area contributed by atoms with Gasteiger partial charge in [0, 0.05) is 37.8 Å². The molecule has 1 saturated carbocycles. The van der Waals surface area contributed by atoms with Crippen molar-refractivity contribution in [2.45, 2.75) is 31.7 Å². The Balaban J connectivity index is 1.31. The molecule has 1 amide bonds. The molecule has 0 aromatic heterocycles. The fourth-order valence-corrected chi connectivity index (χ4v) is 5.56. The van der Waals surface area contributed by atoms with E-state index in [4.69, 9.17) is 0 Å². The van der Waals surface area contributed by atoms with Crippen molar-refractivity contribution in [1.29, 1.82) is 0 Å². The van der Waals surface area contributed by atoms with Gasteiger partial charge in [-0.1, -0.05) is 73.5 Å². The molecule has 5 rings (SSSR count). The molecule has 0 unspecified atom stereocenters. The summed E-state index contributed by atoms with van der Waals surface area (Å²) in [4.78, 5) is 29.4. The summed E-state index contributed by atoms with van der Waals surface area (Å²) in [6.07, 6.45) is 3.88. The zero-order valence-electron chi connectivity index (χ0n) is 20.5. The number of carboxylic acid groups (broad SMARTS) is 1. The Kier molecular flexibility index (Phi) is 7.33. The largest absolute Gasteiger partial charge is 0.478 e. The Labute approximate surface area is 212 Å². The van der Waals surface area contributed by atoms with Gasteiger partial charge in [0.05, 0.1) is 17.3 Å². The summed E-state index contributed by atoms with van der Waals surface area (Å²) in [5.74, 6) is -1.10. The summed E-state index contributed by atoms with van der Waals surface area (Å²) in [6.45, 7) is 3.31. The average Bonchev–Trinajstić information content (AvgIpc) is 3.46. The quantitative estimate of drug-likeness (QED) is 0.469. The molecule has 186 valence electrons. The Bertz CT molecular complexity index is 1150. The minimum Gasteiger partial charge on any atom is -0.478 e. The molecule has 0 spiro atoms. The highest BCUT2D eigenvalue weighted by Crippen LogP contribution is 2.32. The van der Waals surface area contributed by atoms with Crippen LogP contribution in [0.2, 0.25) is 0 Å². The number of nitrogens with zero attached hydrogens (tertiary/aromatic N) is 2. The number of rotatable bonds is 7. The second-order valence-corrected chi connectivity index (χ2v) is 9.75. The summed E-state index contributed by atoms with van der Waals surface area (Å²) in [7, 11) is 0. The van der Waals surface area contributed by atoms with Gasteiger partial charge in [0.15, 0.2) is 0 Å². The fraction of sp³-hybridized carbons (Fsp3) is 0.333. The van der Waals surface area contributed by atoms with Crippen molar-refractivity contribution in [2.75, 3.05) is 36.4 Å². The van der Waals surface area contributed by atoms with E-state index >= 15 is 0 Å². The summed E-state index contributed by atoms with van der Waals surface area (Å²) in [5, 5.41) is 12.7. The molecule has 6 nitrogen and oxygen atoms in total. The van der Waals surface area contributed by atoms with E-state index in [1.165, 1.54) is 11.1 Å². The van der Waals surface area contributed by atoms with Gasteiger partial charge in [-0.05, 0) is 42.2 Å². The van der Waals surface area contributed by atoms with Crippen LogP contribution in [0.4, 0.5) is 11.4 Å². The zero-order chi connectivity index (χ0) is 24.9. The summed E-state index contributed by atoms with van der Waals surface area (Å²) in [5.41, 5.74) is 3.95. The lowest BCUT2D eigenvalue weighted by Gasteiger charge is -2.40. The van der Waals surface area contributed by atoms with Crippen LogP contribution in [0, 0.1) is 5.92 Å². The summed E-state index contributed by atoms with van der Waals surface area (Å²) >= 11 is 0. The van der Waals surface area contributed by atoms with E-state index in [0.29, 0.717) is 5.69 Å². The van der Waals surface area contributed by atoms with Crippen molar-refractivity contribution in [3.05, 3.63) is 95.6 Å². The highest BCUT2D eigenvalue weighted by atomic mass is 16.4. The topological polar surface area (TPSA) is 72.9 Å². The molecule has 36 heavy (non-hydrogen) atoms. The number of amides is 1. The summed E-state index contributed by atoms with van der Waals surface area (Å²) < 4.78 is 0. The molecule has 2 fully saturated rings. The van der Waals surface area contributed by atoms with Crippen molar-refractivity contribution < 1.29 is 14.7 Å². The maximum Gasteiger partial charge on any atom is 0.337 e. The number of carboxylic acids is 1. The van der Waals surface area contributed by atoms with Gasteiger partial charge in [-0.15, -0.1) is 0 Å². The Morgan fingerprint density at radius 3 is 1.94 bits per heavy atom. The van der Waals surface area contributed by atoms with E-state index < -0.39 is 5.97 Å². The number of hydrogen-bond donors (Lipinski definition) is 2. The standard InChI is InChI=1S/C30H33N3O3/c34-29(24-13-7-8-14-24)31-27-16-15-25(21-26(27)30(35)36)32-17-19-33(20-18-32)28(22-9-3-1-4-10-22)23-11-5-2-6-12-23/h1-6,9-12,15-16,21,24,28H,7-8,13-14,17-20H2,(H,31,34)(H,35,36). The summed E-state index contributed by atoms with van der Waals surface area (Å²) in [6, 6.07) is 26.7. The molecular formula is C30H33N3O3. The van der Waals surface area contributed by atoms with Crippen molar-refractivity contribution in [3.8, 4) is 0 Å². The van der Waals surface area contributed by atoms with Crippen molar-refractivity contribution in [2.24, 2.45) is 5.92 Å². The molecule has 1 heterocycles. The number of anilines is 2. The molecule has 0 atom stereocenters. The zero-order valence-corrected chi connectivity index (χ0v) is 20.5. The lowest BCUT2D eigenvalue weighted by Crippen LogP contribution is -2.48. The highest BCUT2D eigenvalue weighted by molar-refractivity contribution is 6.02. The van der Waals surface area contributed by atoms with Crippen LogP contribution in [0.25, 0.3) is 0 Å². The van der Waals surface area contributed by atoms with Crippen LogP contribution < -0.4 is 10.2 Å². The maximum atomic E-state index is 12.6. The van der Waals surface area contributed by atoms with Crippen LogP contribution >= 0.6 is 0 Å². The number of carbonyl (C=O) groups is 2. The van der Waals surface area contributed by atoms with E-state index in [-0.39, 0.29) is 23.4 Å². The fourth-order valence-electron chi connectivity index (χ4n) is 5.56. The van der Waals surface area contributed by atoms with Crippen LogP contribution in [-0.4, -0.2) is 48.1 Å². The average molecular weight is 484 g/mol. The van der Waals surface area contributed by atoms with Crippen molar-refractivity contribution in [3.63, 3.8) is 0 Å². The van der Waals surface area contributed by atoms with E-state index in [1.807, 2.05) is 18.2 Å². The van der Waals surface area contributed by atoms with Crippen molar-refractivity contribution >= 4 is 23.3 Å². The van der Waals surface area contributed by atoms with Gasteiger partial charge in [-0.2, -0.15) is 0 Å². The van der Waals surface area contributed by atoms with E-state index in [9.17, 15) is 14.7 Å². The van der Waals surface area contributed by atoms with Gasteiger partial charge in [-0.25, -0.2) is 4.79 Å². The first-order valence-corrected chi connectivity index (χ1v) is 12.9. The molecule has 3 aromatic carbocycles. The predicted octanol–water partition coefficient (Wildman–Crippen LogP) is 5.43. The maximum absolute atomic E-state index is 12.6. The van der Waals surface area contributed by atoms with Crippen LogP contribution in [-0.2, 0) is 4.79 Å². The molecule has 0 radical (unpaired) electrons. The number of aromatic carboxylic acids is 1. The molecular weight excluding hydrogens is 450 g/mol. The van der Waals surface area contributed by atoms with Crippen LogP contribution in [0.1, 0.15) is 53.2 Å². The second-order valence-electron chi connectivity index (χ2n) is 9.75. The molecule has 3 aromatic rings. The Morgan fingerprint density at radius 2 is 1.39 bits per heavy atom. The number of carbonyl (C=O) groups excluding carboxylic acids is 1. The monoisotopic (exact) mass is 483 g/mol. The van der Waals surface area contributed by atoms with E-state index in [1.54, 1.807) is 12.1 Å². The predicted molar refractivity (Wildman–Crippen MR) is 143 cm³/mol. The molecule has 2 aliphatic rings. The lowest BCUT2D eigenvalue weighted by molar-refractivity contribution is -0.119. The van der Waals surface area contributed by atoms with Gasteiger partial charge in [0.1, 0.15) is 0 Å². The first-order valence-electron chi connectivity index (χ1n) is 12.9. The molecule has 2 N–H and O–H groups in total. The van der Waals surface area contributed by atoms with Gasteiger partial charge in [0.2, 0.25) is 5.91 Å². The third-order valence-electron chi connectivity index (χ3n) is 7.49. The Morgan fingerprint density at radius 1 is 0.806 bits per heavy atom. The molecule has 6 heteroatoms. The van der Waals surface area contributed by atoms with E-state index in [2.05, 4.69) is 63.6 Å². The van der Waals surface area contributed by atoms with Crippen LogP contribution in [0.3, 0.4) is 0 Å². The van der Waals surface area contributed by atoms with Crippen LogP contribution in [0.5, 0.6) is 0 Å². The number of piperazine rings is 1. The third kappa shape index (κ3) is 5.29. The smallest absolute Gasteiger partial charge is 0.337 e. The molecule has 1 aliphatic heterocycles. The number of hydrogen-bond acceptors (Lipinski definition) is 4. The number of nitrogens with one attached hydrogen (secondary N) is 1. The minimum atomic E-state index is -1.02. The lowest BCUT2D eigenvalue weighted by atomic mass is 9.96. The third-order valence-corrected chi connectivity index (χ3v) is 7.49. The normalized spacial score (nSPS) is 16.9. The molecule has 1 saturated heterocycles. The van der Waals surface area contributed by atoms with Gasteiger partial charge in [0.25, 0.3) is 0 Å². The van der Waals surface area contributed by atoms with Crippen LogP contribution in [0.15, 0.2) is 78.9 Å². The van der Waals surface area contributed by atoms with Gasteiger partial charge in [-0.3, -0.25) is 9.69 Å². The molecule has 0 bridgehead atoms. The highest BCUT2D eigenvalue weighted by Gasteiger charge is 2.28. The van der Waals surface area contributed by atoms with E-state index in [0.717, 1.165) is 57.5 Å². The Hall–Kier alpha value is -3.64. The SMILES string of the molecule is O=C(O)c1cc(N2CCN(C(c3ccccc3)c3ccccc3)CC2)ccc1NC(=O)C1CCCC1. The second kappa shape index (κ2) is 11.0. The molecule has 1 aliphatic carbocycles. The van der Waals surface area contributed by atoms with Gasteiger partial charge >= 0.3 is 5.97 Å². The number of benzene rings is 3. The van der Waals surface area contributed by atoms with Crippen molar-refractivity contribution in [1.82, 2.24) is 4.90 Å². The minimum absolute atomic E-state index is 0.0124. The first-order chi connectivity index (χ1) is 17.6. The first kappa shape index (κ1) is 24.1. The van der Waals surface area contributed by atoms with Gasteiger partial charge < -0.3 is 15.3 Å².